The third kappa shape index (κ3) is 3.44. The summed E-state index contributed by atoms with van der Waals surface area (Å²) in [6, 6.07) is 4.99. The molecular formula is C14H21ClFNO. The van der Waals surface area contributed by atoms with Crippen molar-refractivity contribution in [1.82, 2.24) is 5.32 Å². The van der Waals surface area contributed by atoms with Crippen molar-refractivity contribution in [3.05, 3.63) is 34.6 Å². The van der Waals surface area contributed by atoms with Crippen molar-refractivity contribution >= 4 is 11.6 Å². The lowest BCUT2D eigenvalue weighted by atomic mass is 9.88. The molecular weight excluding hydrogens is 253 g/mol. The van der Waals surface area contributed by atoms with E-state index in [9.17, 15) is 4.39 Å². The summed E-state index contributed by atoms with van der Waals surface area (Å²) in [5.74, 6) is -0.383. The zero-order valence-electron chi connectivity index (χ0n) is 11.4. The average molecular weight is 274 g/mol. The summed E-state index contributed by atoms with van der Waals surface area (Å²) in [7, 11) is 3.62. The van der Waals surface area contributed by atoms with Gasteiger partial charge in [-0.1, -0.05) is 24.6 Å². The zero-order chi connectivity index (χ0) is 13.8. The molecule has 0 bridgehead atoms. The minimum absolute atomic E-state index is 0.147. The van der Waals surface area contributed by atoms with Gasteiger partial charge in [-0.05, 0) is 44.5 Å². The number of rotatable bonds is 6. The largest absolute Gasteiger partial charge is 0.377 e. The van der Waals surface area contributed by atoms with Gasteiger partial charge in [0.15, 0.2) is 0 Å². The third-order valence-corrected chi connectivity index (χ3v) is 3.97. The summed E-state index contributed by atoms with van der Waals surface area (Å²) < 4.78 is 18.7. The minimum atomic E-state index is -0.383. The van der Waals surface area contributed by atoms with Crippen LogP contribution in [0, 0.1) is 5.82 Å². The highest BCUT2D eigenvalue weighted by molar-refractivity contribution is 6.30. The molecule has 102 valence electrons. The van der Waals surface area contributed by atoms with Crippen molar-refractivity contribution in [1.29, 1.82) is 0 Å². The molecule has 0 aliphatic carbocycles. The second kappa shape index (κ2) is 6.50. The third-order valence-electron chi connectivity index (χ3n) is 3.68. The fraction of sp³-hybridized carbons (Fsp3) is 0.571. The Labute approximate surface area is 113 Å². The summed E-state index contributed by atoms with van der Waals surface area (Å²) in [4.78, 5) is 0. The molecule has 0 saturated heterocycles. The first-order valence-electron chi connectivity index (χ1n) is 6.13. The van der Waals surface area contributed by atoms with Gasteiger partial charge in [0, 0.05) is 13.2 Å². The summed E-state index contributed by atoms with van der Waals surface area (Å²) in [6.07, 6.45) is 1.64. The monoisotopic (exact) mass is 273 g/mol. The molecule has 0 aliphatic heterocycles. The van der Waals surface area contributed by atoms with Crippen molar-refractivity contribution in [2.24, 2.45) is 0 Å². The standard InChI is InChI=1S/C14H21ClFNO/c1-5-14(2,18-4)13(17-3)9-10-6-7-12(16)11(15)8-10/h6-8,13,17H,5,9H2,1-4H3. The lowest BCUT2D eigenvalue weighted by Gasteiger charge is -2.35. The first kappa shape index (κ1) is 15.4. The van der Waals surface area contributed by atoms with E-state index < -0.39 is 0 Å². The van der Waals surface area contributed by atoms with E-state index in [0.29, 0.717) is 0 Å². The summed E-state index contributed by atoms with van der Waals surface area (Å²) in [5.41, 5.74) is 0.743. The van der Waals surface area contributed by atoms with Gasteiger partial charge < -0.3 is 10.1 Å². The molecule has 1 N–H and O–H groups in total. The Morgan fingerprint density at radius 2 is 2.17 bits per heavy atom. The van der Waals surface area contributed by atoms with Gasteiger partial charge in [0.25, 0.3) is 0 Å². The number of halogens is 2. The first-order valence-corrected chi connectivity index (χ1v) is 6.51. The highest BCUT2D eigenvalue weighted by atomic mass is 35.5. The van der Waals surface area contributed by atoms with E-state index in [-0.39, 0.29) is 22.5 Å². The number of hydrogen-bond donors (Lipinski definition) is 1. The van der Waals surface area contributed by atoms with Crippen LogP contribution in [0.15, 0.2) is 18.2 Å². The summed E-state index contributed by atoms with van der Waals surface area (Å²) in [5, 5.41) is 3.43. The van der Waals surface area contributed by atoms with Crippen LogP contribution in [0.3, 0.4) is 0 Å². The zero-order valence-corrected chi connectivity index (χ0v) is 12.1. The smallest absolute Gasteiger partial charge is 0.141 e. The van der Waals surface area contributed by atoms with Gasteiger partial charge in [0.2, 0.25) is 0 Å². The average Bonchev–Trinajstić information content (AvgIpc) is 2.39. The van der Waals surface area contributed by atoms with Crippen molar-refractivity contribution in [2.45, 2.75) is 38.3 Å². The summed E-state index contributed by atoms with van der Waals surface area (Å²) in [6.45, 7) is 4.16. The van der Waals surface area contributed by atoms with E-state index >= 15 is 0 Å². The molecule has 1 aromatic carbocycles. The van der Waals surface area contributed by atoms with E-state index in [2.05, 4.69) is 19.2 Å². The number of ether oxygens (including phenoxy) is 1. The SMILES string of the molecule is CCC(C)(OC)C(Cc1ccc(F)c(Cl)c1)NC. The van der Waals surface area contributed by atoms with Gasteiger partial charge in [0.1, 0.15) is 5.82 Å². The molecule has 0 heterocycles. The Kier molecular flexibility index (Phi) is 5.57. The van der Waals surface area contributed by atoms with Gasteiger partial charge in [-0.25, -0.2) is 4.39 Å². The molecule has 0 amide bonds. The Morgan fingerprint density at radius 1 is 1.50 bits per heavy atom. The fourth-order valence-corrected chi connectivity index (χ4v) is 2.26. The normalized spacial score (nSPS) is 16.3. The molecule has 0 fully saturated rings. The van der Waals surface area contributed by atoms with Crippen LogP contribution in [0.5, 0.6) is 0 Å². The van der Waals surface area contributed by atoms with Crippen molar-refractivity contribution in [3.8, 4) is 0 Å². The number of hydrogen-bond acceptors (Lipinski definition) is 2. The maximum Gasteiger partial charge on any atom is 0.141 e. The molecule has 0 spiro atoms. The maximum absolute atomic E-state index is 13.1. The van der Waals surface area contributed by atoms with Crippen molar-refractivity contribution in [3.63, 3.8) is 0 Å². The van der Waals surface area contributed by atoms with Crippen LogP contribution in [0.2, 0.25) is 5.02 Å². The fourth-order valence-electron chi connectivity index (χ4n) is 2.06. The van der Waals surface area contributed by atoms with Gasteiger partial charge in [0.05, 0.1) is 10.6 Å². The van der Waals surface area contributed by atoms with E-state index in [1.807, 2.05) is 7.05 Å². The molecule has 0 aliphatic rings. The van der Waals surface area contributed by atoms with E-state index in [1.165, 1.54) is 6.07 Å². The topological polar surface area (TPSA) is 21.3 Å². The molecule has 0 aromatic heterocycles. The van der Waals surface area contributed by atoms with E-state index in [4.69, 9.17) is 16.3 Å². The van der Waals surface area contributed by atoms with Gasteiger partial charge in [-0.15, -0.1) is 0 Å². The number of likely N-dealkylation sites (N-methyl/N-ethyl adjacent to an activating group) is 1. The second-order valence-electron chi connectivity index (χ2n) is 4.66. The second-order valence-corrected chi connectivity index (χ2v) is 5.07. The molecule has 2 atom stereocenters. The lowest BCUT2D eigenvalue weighted by Crippen LogP contribution is -2.49. The van der Waals surface area contributed by atoms with Crippen LogP contribution in [0.1, 0.15) is 25.8 Å². The van der Waals surface area contributed by atoms with Gasteiger partial charge >= 0.3 is 0 Å². The number of benzene rings is 1. The van der Waals surface area contributed by atoms with Crippen molar-refractivity contribution in [2.75, 3.05) is 14.2 Å². The number of nitrogens with one attached hydrogen (secondary N) is 1. The highest BCUT2D eigenvalue weighted by Crippen LogP contribution is 2.24. The van der Waals surface area contributed by atoms with Crippen LogP contribution >= 0.6 is 11.6 Å². The molecule has 2 nitrogen and oxygen atoms in total. The molecule has 1 aromatic rings. The van der Waals surface area contributed by atoms with Crippen LogP contribution in [0.4, 0.5) is 4.39 Å². The Balaban J connectivity index is 2.88. The van der Waals surface area contributed by atoms with Crippen LogP contribution in [-0.2, 0) is 11.2 Å². The minimum Gasteiger partial charge on any atom is -0.377 e. The van der Waals surface area contributed by atoms with Crippen LogP contribution in [0.25, 0.3) is 0 Å². The van der Waals surface area contributed by atoms with Crippen LogP contribution in [-0.4, -0.2) is 25.8 Å². The molecule has 18 heavy (non-hydrogen) atoms. The predicted molar refractivity (Wildman–Crippen MR) is 73.7 cm³/mol. The Bertz CT molecular complexity index is 393. The highest BCUT2D eigenvalue weighted by Gasteiger charge is 2.31. The quantitative estimate of drug-likeness (QED) is 0.857. The first-order chi connectivity index (χ1) is 8.46. The van der Waals surface area contributed by atoms with Gasteiger partial charge in [-0.3, -0.25) is 0 Å². The maximum atomic E-state index is 13.1. The molecule has 0 radical (unpaired) electrons. The molecule has 2 unspecified atom stereocenters. The Morgan fingerprint density at radius 3 is 2.61 bits per heavy atom. The summed E-state index contributed by atoms with van der Waals surface area (Å²) >= 11 is 5.80. The molecule has 1 rings (SSSR count). The lowest BCUT2D eigenvalue weighted by molar-refractivity contribution is -0.0268. The van der Waals surface area contributed by atoms with Crippen molar-refractivity contribution < 1.29 is 9.13 Å². The van der Waals surface area contributed by atoms with Gasteiger partial charge in [-0.2, -0.15) is 0 Å². The number of methoxy groups -OCH3 is 1. The molecule has 4 heteroatoms. The van der Waals surface area contributed by atoms with E-state index in [1.54, 1.807) is 19.2 Å². The molecule has 0 saturated carbocycles. The Hall–Kier alpha value is -0.640. The van der Waals surface area contributed by atoms with Crippen LogP contribution < -0.4 is 5.32 Å². The predicted octanol–water partition coefficient (Wildman–Crippen LogP) is 3.42. The van der Waals surface area contributed by atoms with E-state index in [0.717, 1.165) is 18.4 Å².